The summed E-state index contributed by atoms with van der Waals surface area (Å²) >= 11 is 1.78. The van der Waals surface area contributed by atoms with Gasteiger partial charge in [0.1, 0.15) is 4.75 Å². The van der Waals surface area contributed by atoms with Crippen LogP contribution in [0.2, 0.25) is 0 Å². The second-order valence-corrected chi connectivity index (χ2v) is 6.18. The summed E-state index contributed by atoms with van der Waals surface area (Å²) in [4.78, 5) is 1.31. The standard InChI is InChI=1S/C14H17NS/c1-10-7-11(2)13(12(3)8-10)16-14(9-15)5-4-6-14/h7-8H,4-6H2,1-3H3. The van der Waals surface area contributed by atoms with Crippen LogP contribution in [0, 0.1) is 32.1 Å². The van der Waals surface area contributed by atoms with Crippen LogP contribution in [0.3, 0.4) is 0 Å². The average molecular weight is 231 g/mol. The van der Waals surface area contributed by atoms with Crippen LogP contribution in [-0.4, -0.2) is 4.75 Å². The highest BCUT2D eigenvalue weighted by Gasteiger charge is 2.38. The third-order valence-corrected chi connectivity index (χ3v) is 5.01. The lowest BCUT2D eigenvalue weighted by Gasteiger charge is -2.35. The van der Waals surface area contributed by atoms with Crippen LogP contribution in [0.15, 0.2) is 17.0 Å². The first-order chi connectivity index (χ1) is 7.56. The zero-order valence-electron chi connectivity index (χ0n) is 10.1. The zero-order valence-corrected chi connectivity index (χ0v) is 10.9. The molecule has 1 aromatic carbocycles. The van der Waals surface area contributed by atoms with Crippen LogP contribution >= 0.6 is 11.8 Å². The van der Waals surface area contributed by atoms with Crippen molar-refractivity contribution in [2.24, 2.45) is 0 Å². The molecule has 1 aliphatic carbocycles. The molecule has 0 unspecified atom stereocenters. The lowest BCUT2D eigenvalue weighted by atomic mass is 9.86. The third-order valence-electron chi connectivity index (χ3n) is 3.27. The number of hydrogen-bond acceptors (Lipinski definition) is 2. The van der Waals surface area contributed by atoms with Gasteiger partial charge in [-0.05, 0) is 51.2 Å². The second-order valence-electron chi connectivity index (χ2n) is 4.79. The first-order valence-corrected chi connectivity index (χ1v) is 6.56. The molecule has 0 amide bonds. The molecule has 84 valence electrons. The Kier molecular flexibility index (Phi) is 2.99. The molecule has 2 heteroatoms. The van der Waals surface area contributed by atoms with Crippen molar-refractivity contribution in [3.05, 3.63) is 28.8 Å². The van der Waals surface area contributed by atoms with Gasteiger partial charge in [0.2, 0.25) is 0 Å². The van der Waals surface area contributed by atoms with Crippen molar-refractivity contribution in [1.29, 1.82) is 5.26 Å². The topological polar surface area (TPSA) is 23.8 Å². The molecule has 0 N–H and O–H groups in total. The molecular weight excluding hydrogens is 214 g/mol. The van der Waals surface area contributed by atoms with E-state index in [0.29, 0.717) is 0 Å². The van der Waals surface area contributed by atoms with E-state index in [2.05, 4.69) is 39.0 Å². The smallest absolute Gasteiger partial charge is 0.107 e. The number of aryl methyl sites for hydroxylation is 3. The summed E-state index contributed by atoms with van der Waals surface area (Å²) in [5, 5.41) is 9.26. The van der Waals surface area contributed by atoms with E-state index < -0.39 is 0 Å². The maximum absolute atomic E-state index is 9.26. The fourth-order valence-electron chi connectivity index (χ4n) is 2.26. The van der Waals surface area contributed by atoms with Gasteiger partial charge in [-0.15, -0.1) is 11.8 Å². The first-order valence-electron chi connectivity index (χ1n) is 5.74. The molecule has 0 saturated heterocycles. The molecule has 0 radical (unpaired) electrons. The largest absolute Gasteiger partial charge is 0.197 e. The van der Waals surface area contributed by atoms with Gasteiger partial charge in [0.15, 0.2) is 0 Å². The van der Waals surface area contributed by atoms with E-state index in [4.69, 9.17) is 0 Å². The van der Waals surface area contributed by atoms with Gasteiger partial charge in [0, 0.05) is 4.90 Å². The number of benzene rings is 1. The van der Waals surface area contributed by atoms with Gasteiger partial charge in [0.25, 0.3) is 0 Å². The van der Waals surface area contributed by atoms with Crippen LogP contribution in [-0.2, 0) is 0 Å². The van der Waals surface area contributed by atoms with E-state index in [-0.39, 0.29) is 4.75 Å². The van der Waals surface area contributed by atoms with Gasteiger partial charge in [-0.2, -0.15) is 5.26 Å². The number of nitriles is 1. The molecule has 2 rings (SSSR count). The Morgan fingerprint density at radius 1 is 1.19 bits per heavy atom. The van der Waals surface area contributed by atoms with Gasteiger partial charge in [-0.3, -0.25) is 0 Å². The minimum atomic E-state index is -0.134. The predicted octanol–water partition coefficient (Wildman–Crippen LogP) is 4.15. The van der Waals surface area contributed by atoms with E-state index in [0.717, 1.165) is 12.8 Å². The van der Waals surface area contributed by atoms with Crippen molar-refractivity contribution in [3.63, 3.8) is 0 Å². The Hall–Kier alpha value is -0.940. The van der Waals surface area contributed by atoms with Gasteiger partial charge < -0.3 is 0 Å². The molecule has 1 aliphatic rings. The molecule has 1 aromatic rings. The Balaban J connectivity index is 2.32. The summed E-state index contributed by atoms with van der Waals surface area (Å²) in [6, 6.07) is 6.91. The first kappa shape index (κ1) is 11.5. The third kappa shape index (κ3) is 1.97. The summed E-state index contributed by atoms with van der Waals surface area (Å²) in [6.45, 7) is 6.41. The van der Waals surface area contributed by atoms with Crippen LogP contribution in [0.5, 0.6) is 0 Å². The Bertz CT molecular complexity index is 429. The van der Waals surface area contributed by atoms with Gasteiger partial charge in [0.05, 0.1) is 6.07 Å². The molecular formula is C14H17NS. The molecule has 1 saturated carbocycles. The summed E-state index contributed by atoms with van der Waals surface area (Å²) in [5.74, 6) is 0. The highest BCUT2D eigenvalue weighted by atomic mass is 32.2. The number of thioether (sulfide) groups is 1. The van der Waals surface area contributed by atoms with Crippen molar-refractivity contribution >= 4 is 11.8 Å². The van der Waals surface area contributed by atoms with Crippen molar-refractivity contribution in [2.45, 2.75) is 49.7 Å². The van der Waals surface area contributed by atoms with E-state index in [1.54, 1.807) is 11.8 Å². The number of nitrogens with zero attached hydrogens (tertiary/aromatic N) is 1. The summed E-state index contributed by atoms with van der Waals surface area (Å²) in [7, 11) is 0. The molecule has 1 nitrogen and oxygen atoms in total. The normalized spacial score (nSPS) is 17.6. The summed E-state index contributed by atoms with van der Waals surface area (Å²) in [6.07, 6.45) is 3.28. The fourth-order valence-corrected chi connectivity index (χ4v) is 3.63. The van der Waals surface area contributed by atoms with Crippen molar-refractivity contribution < 1.29 is 0 Å². The quantitative estimate of drug-likeness (QED) is 0.763. The average Bonchev–Trinajstić information content (AvgIpc) is 2.14. The number of hydrogen-bond donors (Lipinski definition) is 0. The molecule has 0 atom stereocenters. The minimum absolute atomic E-state index is 0.134. The lowest BCUT2D eigenvalue weighted by molar-refractivity contribution is 0.440. The fraction of sp³-hybridized carbons (Fsp3) is 0.500. The van der Waals surface area contributed by atoms with Crippen LogP contribution in [0.1, 0.15) is 36.0 Å². The zero-order chi connectivity index (χ0) is 11.8. The van der Waals surface area contributed by atoms with E-state index in [9.17, 15) is 5.26 Å². The van der Waals surface area contributed by atoms with E-state index in [1.807, 2.05) is 0 Å². The van der Waals surface area contributed by atoms with Crippen molar-refractivity contribution in [3.8, 4) is 6.07 Å². The van der Waals surface area contributed by atoms with Gasteiger partial charge in [-0.1, -0.05) is 17.7 Å². The highest BCUT2D eigenvalue weighted by molar-refractivity contribution is 8.01. The SMILES string of the molecule is Cc1cc(C)c(SC2(C#N)CCC2)c(C)c1. The Morgan fingerprint density at radius 3 is 2.12 bits per heavy atom. The maximum atomic E-state index is 9.26. The predicted molar refractivity (Wildman–Crippen MR) is 68.7 cm³/mol. The number of rotatable bonds is 2. The molecule has 16 heavy (non-hydrogen) atoms. The maximum Gasteiger partial charge on any atom is 0.107 e. The monoisotopic (exact) mass is 231 g/mol. The van der Waals surface area contributed by atoms with Gasteiger partial charge in [-0.25, -0.2) is 0 Å². The summed E-state index contributed by atoms with van der Waals surface area (Å²) < 4.78 is -0.134. The van der Waals surface area contributed by atoms with Crippen molar-refractivity contribution in [1.82, 2.24) is 0 Å². The van der Waals surface area contributed by atoms with Crippen molar-refractivity contribution in [2.75, 3.05) is 0 Å². The minimum Gasteiger partial charge on any atom is -0.197 e. The Morgan fingerprint density at radius 2 is 1.75 bits per heavy atom. The van der Waals surface area contributed by atoms with Gasteiger partial charge >= 0.3 is 0 Å². The molecule has 0 bridgehead atoms. The van der Waals surface area contributed by atoms with Crippen LogP contribution in [0.25, 0.3) is 0 Å². The molecule has 0 spiro atoms. The van der Waals surface area contributed by atoms with E-state index >= 15 is 0 Å². The Labute approximate surface area is 102 Å². The van der Waals surface area contributed by atoms with Crippen LogP contribution < -0.4 is 0 Å². The highest BCUT2D eigenvalue weighted by Crippen LogP contribution is 2.48. The molecule has 0 aliphatic heterocycles. The summed E-state index contributed by atoms with van der Waals surface area (Å²) in [5.41, 5.74) is 3.92. The van der Waals surface area contributed by atoms with Crippen LogP contribution in [0.4, 0.5) is 0 Å². The molecule has 0 aromatic heterocycles. The molecule has 1 fully saturated rings. The second kappa shape index (κ2) is 4.14. The lowest BCUT2D eigenvalue weighted by Crippen LogP contribution is -2.31. The molecule has 0 heterocycles. The van der Waals surface area contributed by atoms with E-state index in [1.165, 1.54) is 28.0 Å².